The molecule has 90 valence electrons. The molecule has 1 heterocycles. The van der Waals surface area contributed by atoms with Crippen LogP contribution in [-0.2, 0) is 0 Å². The van der Waals surface area contributed by atoms with Gasteiger partial charge in [0.25, 0.3) is 0 Å². The second-order valence-corrected chi connectivity index (χ2v) is 4.03. The van der Waals surface area contributed by atoms with E-state index in [0.717, 1.165) is 25.2 Å². The van der Waals surface area contributed by atoms with Gasteiger partial charge in [0.05, 0.1) is 0 Å². The molecular formula is C12H22N4. The average Bonchev–Trinajstić information content (AvgIpc) is 2.27. The molecule has 1 atom stereocenters. The SMILES string of the molecule is CCCNc1nccc(NC(C)CCC)n1. The van der Waals surface area contributed by atoms with E-state index >= 15 is 0 Å². The van der Waals surface area contributed by atoms with Crippen molar-refractivity contribution in [2.75, 3.05) is 17.2 Å². The van der Waals surface area contributed by atoms with Crippen LogP contribution in [0.4, 0.5) is 11.8 Å². The third kappa shape index (κ3) is 4.47. The predicted octanol–water partition coefficient (Wildman–Crippen LogP) is 2.90. The molecule has 0 bridgehead atoms. The van der Waals surface area contributed by atoms with E-state index in [2.05, 4.69) is 41.4 Å². The van der Waals surface area contributed by atoms with Crippen LogP contribution in [0, 0.1) is 0 Å². The Morgan fingerprint density at radius 3 is 2.81 bits per heavy atom. The first-order valence-electron chi connectivity index (χ1n) is 6.09. The minimum Gasteiger partial charge on any atom is -0.367 e. The second-order valence-electron chi connectivity index (χ2n) is 4.03. The maximum atomic E-state index is 4.40. The summed E-state index contributed by atoms with van der Waals surface area (Å²) in [5.74, 6) is 1.60. The van der Waals surface area contributed by atoms with Gasteiger partial charge in [-0.1, -0.05) is 20.3 Å². The Bertz CT molecular complexity index is 301. The molecule has 0 amide bonds. The quantitative estimate of drug-likeness (QED) is 0.744. The fourth-order valence-electron chi connectivity index (χ4n) is 1.52. The summed E-state index contributed by atoms with van der Waals surface area (Å²) in [7, 11) is 0. The highest BCUT2D eigenvalue weighted by molar-refractivity contribution is 5.40. The van der Waals surface area contributed by atoms with Crippen molar-refractivity contribution in [2.45, 2.75) is 46.1 Å². The monoisotopic (exact) mass is 222 g/mol. The van der Waals surface area contributed by atoms with Crippen LogP contribution in [0.2, 0.25) is 0 Å². The summed E-state index contributed by atoms with van der Waals surface area (Å²) in [5.41, 5.74) is 0. The van der Waals surface area contributed by atoms with Crippen LogP contribution in [0.1, 0.15) is 40.0 Å². The number of anilines is 2. The third-order valence-electron chi connectivity index (χ3n) is 2.30. The zero-order valence-corrected chi connectivity index (χ0v) is 10.5. The lowest BCUT2D eigenvalue weighted by Crippen LogP contribution is -2.16. The third-order valence-corrected chi connectivity index (χ3v) is 2.30. The minimum absolute atomic E-state index is 0.457. The maximum Gasteiger partial charge on any atom is 0.224 e. The zero-order valence-electron chi connectivity index (χ0n) is 10.5. The van der Waals surface area contributed by atoms with E-state index in [9.17, 15) is 0 Å². The van der Waals surface area contributed by atoms with E-state index in [1.807, 2.05) is 6.07 Å². The van der Waals surface area contributed by atoms with Crippen molar-refractivity contribution in [3.05, 3.63) is 12.3 Å². The van der Waals surface area contributed by atoms with Crippen LogP contribution in [0.5, 0.6) is 0 Å². The largest absolute Gasteiger partial charge is 0.367 e. The fraction of sp³-hybridized carbons (Fsp3) is 0.667. The Hall–Kier alpha value is -1.32. The highest BCUT2D eigenvalue weighted by Crippen LogP contribution is 2.09. The molecule has 2 N–H and O–H groups in total. The molecule has 0 aliphatic heterocycles. The van der Waals surface area contributed by atoms with Gasteiger partial charge in [-0.3, -0.25) is 0 Å². The summed E-state index contributed by atoms with van der Waals surface area (Å²) in [6.07, 6.45) is 5.20. The Labute approximate surface area is 97.9 Å². The van der Waals surface area contributed by atoms with Gasteiger partial charge in [0.15, 0.2) is 0 Å². The van der Waals surface area contributed by atoms with E-state index in [0.29, 0.717) is 12.0 Å². The molecule has 1 rings (SSSR count). The predicted molar refractivity (Wildman–Crippen MR) is 68.8 cm³/mol. The van der Waals surface area contributed by atoms with Crippen molar-refractivity contribution in [2.24, 2.45) is 0 Å². The van der Waals surface area contributed by atoms with Crippen LogP contribution in [-0.4, -0.2) is 22.6 Å². The smallest absolute Gasteiger partial charge is 0.224 e. The molecule has 0 saturated heterocycles. The molecule has 1 aromatic heterocycles. The van der Waals surface area contributed by atoms with Crippen molar-refractivity contribution in [1.82, 2.24) is 9.97 Å². The average molecular weight is 222 g/mol. The molecule has 1 unspecified atom stereocenters. The summed E-state index contributed by atoms with van der Waals surface area (Å²) >= 11 is 0. The zero-order chi connectivity index (χ0) is 11.8. The molecule has 0 spiro atoms. The van der Waals surface area contributed by atoms with Crippen molar-refractivity contribution in [1.29, 1.82) is 0 Å². The molecule has 16 heavy (non-hydrogen) atoms. The first-order chi connectivity index (χ1) is 7.76. The molecule has 0 saturated carbocycles. The fourth-order valence-corrected chi connectivity index (χ4v) is 1.52. The summed E-state index contributed by atoms with van der Waals surface area (Å²) < 4.78 is 0. The number of hydrogen-bond acceptors (Lipinski definition) is 4. The Kier molecular flexibility index (Phi) is 5.61. The molecule has 4 heteroatoms. The molecule has 0 fully saturated rings. The molecule has 0 aliphatic carbocycles. The van der Waals surface area contributed by atoms with E-state index < -0.39 is 0 Å². The Morgan fingerprint density at radius 1 is 1.31 bits per heavy atom. The normalized spacial score (nSPS) is 12.2. The summed E-state index contributed by atoms with van der Waals surface area (Å²) in [6.45, 7) is 7.39. The lowest BCUT2D eigenvalue weighted by atomic mass is 10.2. The Balaban J connectivity index is 2.52. The first-order valence-corrected chi connectivity index (χ1v) is 6.09. The van der Waals surface area contributed by atoms with Gasteiger partial charge in [0, 0.05) is 18.8 Å². The van der Waals surface area contributed by atoms with Gasteiger partial charge in [0.2, 0.25) is 5.95 Å². The molecule has 1 aromatic rings. The number of rotatable bonds is 7. The molecular weight excluding hydrogens is 200 g/mol. The van der Waals surface area contributed by atoms with Crippen molar-refractivity contribution in [3.8, 4) is 0 Å². The summed E-state index contributed by atoms with van der Waals surface area (Å²) in [5, 5.41) is 6.55. The van der Waals surface area contributed by atoms with E-state index in [4.69, 9.17) is 0 Å². The van der Waals surface area contributed by atoms with Gasteiger partial charge in [-0.05, 0) is 25.8 Å². The van der Waals surface area contributed by atoms with Crippen molar-refractivity contribution in [3.63, 3.8) is 0 Å². The first kappa shape index (κ1) is 12.7. The number of nitrogens with one attached hydrogen (secondary N) is 2. The van der Waals surface area contributed by atoms with Gasteiger partial charge in [-0.15, -0.1) is 0 Å². The van der Waals surface area contributed by atoms with Crippen LogP contribution in [0.15, 0.2) is 12.3 Å². The van der Waals surface area contributed by atoms with Crippen molar-refractivity contribution >= 4 is 11.8 Å². The lowest BCUT2D eigenvalue weighted by Gasteiger charge is -2.13. The van der Waals surface area contributed by atoms with Crippen LogP contribution >= 0.6 is 0 Å². The minimum atomic E-state index is 0.457. The van der Waals surface area contributed by atoms with Crippen LogP contribution in [0.3, 0.4) is 0 Å². The van der Waals surface area contributed by atoms with Crippen LogP contribution in [0.25, 0.3) is 0 Å². The standard InChI is InChI=1S/C12H22N4/c1-4-6-10(3)15-11-7-9-14-12(16-11)13-8-5-2/h7,9-10H,4-6,8H2,1-3H3,(H2,13,14,15,16). The van der Waals surface area contributed by atoms with E-state index in [-0.39, 0.29) is 0 Å². The molecule has 0 radical (unpaired) electrons. The number of hydrogen-bond donors (Lipinski definition) is 2. The highest BCUT2D eigenvalue weighted by atomic mass is 15.1. The molecule has 0 aliphatic rings. The van der Waals surface area contributed by atoms with E-state index in [1.54, 1.807) is 6.20 Å². The molecule has 4 nitrogen and oxygen atoms in total. The Morgan fingerprint density at radius 2 is 2.12 bits per heavy atom. The maximum absolute atomic E-state index is 4.40. The number of aromatic nitrogens is 2. The topological polar surface area (TPSA) is 49.8 Å². The van der Waals surface area contributed by atoms with Gasteiger partial charge < -0.3 is 10.6 Å². The van der Waals surface area contributed by atoms with Crippen LogP contribution < -0.4 is 10.6 Å². The van der Waals surface area contributed by atoms with Gasteiger partial charge in [0.1, 0.15) is 5.82 Å². The van der Waals surface area contributed by atoms with Crippen molar-refractivity contribution < 1.29 is 0 Å². The van der Waals surface area contributed by atoms with E-state index in [1.165, 1.54) is 6.42 Å². The highest BCUT2D eigenvalue weighted by Gasteiger charge is 2.02. The number of nitrogens with zero attached hydrogens (tertiary/aromatic N) is 2. The van der Waals surface area contributed by atoms with Gasteiger partial charge >= 0.3 is 0 Å². The summed E-state index contributed by atoms with van der Waals surface area (Å²) in [6, 6.07) is 2.36. The molecule has 0 aromatic carbocycles. The van der Waals surface area contributed by atoms with Gasteiger partial charge in [-0.25, -0.2) is 4.98 Å². The second kappa shape index (κ2) is 7.04. The van der Waals surface area contributed by atoms with Gasteiger partial charge in [-0.2, -0.15) is 4.98 Å². The summed E-state index contributed by atoms with van der Waals surface area (Å²) in [4.78, 5) is 8.57. The lowest BCUT2D eigenvalue weighted by molar-refractivity contribution is 0.687.